The molecule has 0 aromatic carbocycles. The minimum absolute atomic E-state index is 0.0676. The maximum atomic E-state index is 10.4. The van der Waals surface area contributed by atoms with Gasteiger partial charge in [0, 0.05) is 19.2 Å². The number of hydrogen-bond donors (Lipinski definition) is 1. The van der Waals surface area contributed by atoms with E-state index in [4.69, 9.17) is 9.84 Å². The molecule has 4 heteroatoms. The monoisotopic (exact) mass is 189 g/mol. The molecule has 0 radical (unpaired) electrons. The fraction of sp³-hybridized carbons (Fsp3) is 0.889. The Hall–Kier alpha value is -0.610. The molecule has 0 aliphatic heterocycles. The number of likely N-dealkylation sites (N-methyl/N-ethyl adjacent to an activating group) is 1. The summed E-state index contributed by atoms with van der Waals surface area (Å²) in [5.74, 6) is -0.754. The SMILES string of the molecule is CCOCCN(C)C(C)CC(=O)O. The van der Waals surface area contributed by atoms with E-state index in [-0.39, 0.29) is 12.5 Å². The number of carbonyl (C=O) groups is 1. The molecule has 1 N–H and O–H groups in total. The highest BCUT2D eigenvalue weighted by atomic mass is 16.5. The highest BCUT2D eigenvalue weighted by Crippen LogP contribution is 2.00. The lowest BCUT2D eigenvalue weighted by Gasteiger charge is -2.22. The number of rotatable bonds is 7. The fourth-order valence-electron chi connectivity index (χ4n) is 0.982. The number of carboxylic acid groups (broad SMARTS) is 1. The lowest BCUT2D eigenvalue weighted by Crippen LogP contribution is -2.33. The normalized spacial score (nSPS) is 13.2. The lowest BCUT2D eigenvalue weighted by molar-refractivity contribution is -0.138. The van der Waals surface area contributed by atoms with Crippen LogP contribution in [-0.2, 0) is 9.53 Å². The summed E-state index contributed by atoms with van der Waals surface area (Å²) in [7, 11) is 1.91. The van der Waals surface area contributed by atoms with Crippen LogP contribution < -0.4 is 0 Å². The van der Waals surface area contributed by atoms with Gasteiger partial charge in [-0.05, 0) is 20.9 Å². The molecule has 0 spiro atoms. The summed E-state index contributed by atoms with van der Waals surface area (Å²) in [5, 5.41) is 8.55. The Bertz CT molecular complexity index is 150. The van der Waals surface area contributed by atoms with Gasteiger partial charge in [0.15, 0.2) is 0 Å². The van der Waals surface area contributed by atoms with E-state index in [1.165, 1.54) is 0 Å². The lowest BCUT2D eigenvalue weighted by atomic mass is 10.2. The standard InChI is InChI=1S/C9H19NO3/c1-4-13-6-5-10(3)8(2)7-9(11)12/h8H,4-7H2,1-3H3,(H,11,12). The van der Waals surface area contributed by atoms with Gasteiger partial charge in [0.2, 0.25) is 0 Å². The van der Waals surface area contributed by atoms with Crippen molar-refractivity contribution >= 4 is 5.97 Å². The molecule has 0 aliphatic carbocycles. The molecule has 4 nitrogen and oxygen atoms in total. The van der Waals surface area contributed by atoms with Gasteiger partial charge < -0.3 is 14.7 Å². The van der Waals surface area contributed by atoms with Gasteiger partial charge in [-0.25, -0.2) is 0 Å². The number of aliphatic carboxylic acids is 1. The number of hydrogen-bond acceptors (Lipinski definition) is 3. The van der Waals surface area contributed by atoms with Gasteiger partial charge >= 0.3 is 5.97 Å². The quantitative estimate of drug-likeness (QED) is 0.602. The maximum Gasteiger partial charge on any atom is 0.304 e. The number of nitrogens with zero attached hydrogens (tertiary/aromatic N) is 1. The Morgan fingerprint density at radius 3 is 2.69 bits per heavy atom. The van der Waals surface area contributed by atoms with Gasteiger partial charge in [-0.3, -0.25) is 4.79 Å². The van der Waals surface area contributed by atoms with Gasteiger partial charge in [-0.15, -0.1) is 0 Å². The molecular formula is C9H19NO3. The van der Waals surface area contributed by atoms with E-state index >= 15 is 0 Å². The van der Waals surface area contributed by atoms with Crippen LogP contribution in [0.1, 0.15) is 20.3 Å². The van der Waals surface area contributed by atoms with Crippen molar-refractivity contribution in [3.8, 4) is 0 Å². The third-order valence-corrected chi connectivity index (χ3v) is 2.01. The van der Waals surface area contributed by atoms with Crippen LogP contribution in [0.3, 0.4) is 0 Å². The summed E-state index contributed by atoms with van der Waals surface area (Å²) < 4.78 is 5.17. The van der Waals surface area contributed by atoms with E-state index in [2.05, 4.69) is 0 Å². The molecule has 0 saturated carbocycles. The highest BCUT2D eigenvalue weighted by Gasteiger charge is 2.12. The van der Waals surface area contributed by atoms with Gasteiger partial charge in [0.1, 0.15) is 0 Å². The molecule has 0 aromatic rings. The zero-order chi connectivity index (χ0) is 10.3. The van der Waals surface area contributed by atoms with Crippen LogP contribution >= 0.6 is 0 Å². The molecule has 1 atom stereocenters. The highest BCUT2D eigenvalue weighted by molar-refractivity contribution is 5.67. The molecule has 0 aliphatic rings. The van der Waals surface area contributed by atoms with Crippen LogP contribution in [0.25, 0.3) is 0 Å². The van der Waals surface area contributed by atoms with Gasteiger partial charge in [-0.1, -0.05) is 0 Å². The van der Waals surface area contributed by atoms with Crippen LogP contribution in [0.15, 0.2) is 0 Å². The third kappa shape index (κ3) is 6.54. The first-order chi connectivity index (χ1) is 6.07. The molecule has 78 valence electrons. The molecule has 13 heavy (non-hydrogen) atoms. The first kappa shape index (κ1) is 12.4. The van der Waals surface area contributed by atoms with E-state index in [0.29, 0.717) is 13.2 Å². The average molecular weight is 189 g/mol. The molecule has 0 aromatic heterocycles. The predicted molar refractivity (Wildman–Crippen MR) is 50.8 cm³/mol. The van der Waals surface area contributed by atoms with Crippen molar-refractivity contribution in [2.24, 2.45) is 0 Å². The summed E-state index contributed by atoms with van der Waals surface area (Å²) in [6, 6.07) is 0.0676. The third-order valence-electron chi connectivity index (χ3n) is 2.01. The van der Waals surface area contributed by atoms with E-state index in [9.17, 15) is 4.79 Å². The summed E-state index contributed by atoms with van der Waals surface area (Å²) in [4.78, 5) is 12.4. The Morgan fingerprint density at radius 2 is 2.23 bits per heavy atom. The van der Waals surface area contributed by atoms with E-state index in [1.807, 2.05) is 25.8 Å². The molecule has 0 heterocycles. The zero-order valence-corrected chi connectivity index (χ0v) is 8.62. The Morgan fingerprint density at radius 1 is 1.62 bits per heavy atom. The van der Waals surface area contributed by atoms with Crippen molar-refractivity contribution in [1.29, 1.82) is 0 Å². The maximum absolute atomic E-state index is 10.4. The average Bonchev–Trinajstić information content (AvgIpc) is 2.03. The molecule has 0 bridgehead atoms. The van der Waals surface area contributed by atoms with E-state index in [0.717, 1.165) is 6.54 Å². The summed E-state index contributed by atoms with van der Waals surface area (Å²) in [6.07, 6.45) is 0.183. The first-order valence-corrected chi connectivity index (χ1v) is 4.57. The van der Waals surface area contributed by atoms with E-state index in [1.54, 1.807) is 0 Å². The van der Waals surface area contributed by atoms with Crippen LogP contribution in [-0.4, -0.2) is 48.8 Å². The smallest absolute Gasteiger partial charge is 0.304 e. The summed E-state index contributed by atoms with van der Waals surface area (Å²) in [6.45, 7) is 6.00. The second kappa shape index (κ2) is 6.86. The second-order valence-electron chi connectivity index (χ2n) is 3.12. The van der Waals surface area contributed by atoms with Crippen LogP contribution in [0.5, 0.6) is 0 Å². The zero-order valence-electron chi connectivity index (χ0n) is 8.62. The van der Waals surface area contributed by atoms with Gasteiger partial charge in [-0.2, -0.15) is 0 Å². The fourth-order valence-corrected chi connectivity index (χ4v) is 0.982. The summed E-state index contributed by atoms with van der Waals surface area (Å²) in [5.41, 5.74) is 0. The summed E-state index contributed by atoms with van der Waals surface area (Å²) >= 11 is 0. The molecule has 1 unspecified atom stereocenters. The van der Waals surface area contributed by atoms with Crippen molar-refractivity contribution in [3.05, 3.63) is 0 Å². The van der Waals surface area contributed by atoms with Crippen molar-refractivity contribution in [1.82, 2.24) is 4.90 Å². The second-order valence-corrected chi connectivity index (χ2v) is 3.12. The van der Waals surface area contributed by atoms with Gasteiger partial charge in [0.05, 0.1) is 13.0 Å². The molecule has 0 saturated heterocycles. The van der Waals surface area contributed by atoms with E-state index < -0.39 is 5.97 Å². The van der Waals surface area contributed by atoms with Crippen LogP contribution in [0, 0.1) is 0 Å². The first-order valence-electron chi connectivity index (χ1n) is 4.57. The molecular weight excluding hydrogens is 170 g/mol. The number of ether oxygens (including phenoxy) is 1. The van der Waals surface area contributed by atoms with Crippen molar-refractivity contribution in [2.45, 2.75) is 26.3 Å². The topological polar surface area (TPSA) is 49.8 Å². The van der Waals surface area contributed by atoms with Crippen LogP contribution in [0.4, 0.5) is 0 Å². The van der Waals surface area contributed by atoms with Crippen LogP contribution in [0.2, 0.25) is 0 Å². The predicted octanol–water partition coefficient (Wildman–Crippen LogP) is 0.818. The molecule has 0 amide bonds. The largest absolute Gasteiger partial charge is 0.481 e. The van der Waals surface area contributed by atoms with Crippen molar-refractivity contribution in [3.63, 3.8) is 0 Å². The Labute approximate surface area is 79.5 Å². The molecule has 0 rings (SSSR count). The number of carboxylic acids is 1. The Kier molecular flexibility index (Phi) is 6.54. The minimum atomic E-state index is -0.754. The molecule has 0 fully saturated rings. The minimum Gasteiger partial charge on any atom is -0.481 e. The van der Waals surface area contributed by atoms with Crippen molar-refractivity contribution in [2.75, 3.05) is 26.8 Å². The van der Waals surface area contributed by atoms with Gasteiger partial charge in [0.25, 0.3) is 0 Å². The Balaban J connectivity index is 3.56. The van der Waals surface area contributed by atoms with Crippen molar-refractivity contribution < 1.29 is 14.6 Å².